The Bertz CT molecular complexity index is 2010. The third-order valence-corrected chi connectivity index (χ3v) is 13.2. The van der Waals surface area contributed by atoms with Crippen LogP contribution < -0.4 is 10.6 Å². The average molecular weight is 693 g/mol. The quantitative estimate of drug-likeness (QED) is 0.331. The number of piperazine rings is 2. The molecule has 4 amide bonds. The first-order chi connectivity index (χ1) is 25.3. The molecule has 52 heavy (non-hydrogen) atoms. The number of amides is 4. The number of hydrogen-bond acceptors (Lipinski definition) is 6. The van der Waals surface area contributed by atoms with E-state index in [-0.39, 0.29) is 23.6 Å². The fourth-order valence-electron chi connectivity index (χ4n) is 10.9. The predicted octanol–water partition coefficient (Wildman–Crippen LogP) is 3.73. The van der Waals surface area contributed by atoms with Crippen LogP contribution in [0.1, 0.15) is 35.1 Å². The fraction of sp³-hybridized carbons (Fsp3) is 0.333. The zero-order valence-corrected chi connectivity index (χ0v) is 29.1. The lowest BCUT2D eigenvalue weighted by atomic mass is 9.54. The summed E-state index contributed by atoms with van der Waals surface area (Å²) >= 11 is 0. The maximum absolute atomic E-state index is 14.9. The maximum atomic E-state index is 14.9. The normalized spacial score (nSPS) is 32.5. The second-order valence-corrected chi connectivity index (χ2v) is 15.4. The van der Waals surface area contributed by atoms with Gasteiger partial charge in [-0.2, -0.15) is 0 Å². The summed E-state index contributed by atoms with van der Waals surface area (Å²) in [5.41, 5.74) is 4.07. The zero-order valence-electron chi connectivity index (χ0n) is 29.1. The van der Waals surface area contributed by atoms with E-state index in [2.05, 4.69) is 22.8 Å². The Labute approximate surface area is 302 Å². The van der Waals surface area contributed by atoms with Gasteiger partial charge in [0.2, 0.25) is 23.6 Å². The van der Waals surface area contributed by atoms with Gasteiger partial charge < -0.3 is 30.2 Å². The van der Waals surface area contributed by atoms with Gasteiger partial charge in [0, 0.05) is 38.3 Å². The molecule has 4 saturated heterocycles. The van der Waals surface area contributed by atoms with Crippen LogP contribution >= 0.6 is 0 Å². The molecular formula is C42H40N6O4. The molecule has 1 unspecified atom stereocenters. The molecular weight excluding hydrogens is 652 g/mol. The third-order valence-electron chi connectivity index (χ3n) is 13.2. The molecule has 10 nitrogen and oxygen atoms in total. The van der Waals surface area contributed by atoms with E-state index in [0.717, 1.165) is 33.6 Å². The monoisotopic (exact) mass is 692 g/mol. The lowest BCUT2D eigenvalue weighted by Crippen LogP contribution is -2.67. The minimum absolute atomic E-state index is 0.0914. The van der Waals surface area contributed by atoms with E-state index in [1.807, 2.05) is 107 Å². The Morgan fingerprint density at radius 3 is 1.29 bits per heavy atom. The first kappa shape index (κ1) is 31.1. The van der Waals surface area contributed by atoms with Crippen molar-refractivity contribution in [3.8, 4) is 0 Å². The predicted molar refractivity (Wildman–Crippen MR) is 195 cm³/mol. The number of likely N-dealkylation sites (N-methyl/N-ethyl adjacent to an activating group) is 2. The van der Waals surface area contributed by atoms with Gasteiger partial charge in [0.15, 0.2) is 0 Å². The van der Waals surface area contributed by atoms with Gasteiger partial charge in [-0.05, 0) is 47.2 Å². The molecule has 0 radical (unpaired) electrons. The molecule has 6 heterocycles. The number of carbonyl (C=O) groups excluding carboxylic acids is 4. The molecule has 8 atom stereocenters. The molecule has 0 bridgehead atoms. The Hall–Kier alpha value is -5.64. The summed E-state index contributed by atoms with van der Waals surface area (Å²) < 4.78 is 0. The van der Waals surface area contributed by atoms with Gasteiger partial charge in [-0.3, -0.25) is 19.2 Å². The Kier molecular flexibility index (Phi) is 6.54. The van der Waals surface area contributed by atoms with Gasteiger partial charge >= 0.3 is 0 Å². The van der Waals surface area contributed by atoms with Crippen molar-refractivity contribution in [2.75, 3.05) is 24.7 Å². The van der Waals surface area contributed by atoms with Crippen LogP contribution in [0.5, 0.6) is 0 Å². The van der Waals surface area contributed by atoms with Crippen molar-refractivity contribution in [1.82, 2.24) is 19.6 Å². The summed E-state index contributed by atoms with van der Waals surface area (Å²) in [7, 11) is 3.49. The number of benzene rings is 4. The topological polar surface area (TPSA) is 105 Å². The van der Waals surface area contributed by atoms with Gasteiger partial charge in [0.1, 0.15) is 36.5 Å². The minimum atomic E-state index is -0.863. The van der Waals surface area contributed by atoms with Crippen LogP contribution in [0.15, 0.2) is 109 Å². The molecule has 262 valence electrons. The average Bonchev–Trinajstić information content (AvgIpc) is 3.88. The largest absolute Gasteiger partial charge is 0.364 e. The molecule has 4 aromatic rings. The van der Waals surface area contributed by atoms with Crippen molar-refractivity contribution in [3.63, 3.8) is 0 Å². The van der Waals surface area contributed by atoms with Crippen molar-refractivity contribution in [3.05, 3.63) is 131 Å². The zero-order chi connectivity index (χ0) is 35.5. The standard InChI is InChI=1S/C42H40N6O4/c1-45-31(21-25-13-5-3-6-14-25)37(51)47-33(35(45)49)23-41(27-17-9-11-19-29(27)43-39(41)47)42-24-34-36(50)46(2)32(22-26-15-7-4-8-16-26)38(52)48(34)40(42)44-30-20-12-10-18-28(30)42/h3-20,31-34,39-40,43-44H,21-24H2,1-2H3/t31-,32-,33-,34-,39-,40?,41+,42+/m0/s1. The molecule has 0 aliphatic carbocycles. The third kappa shape index (κ3) is 3.84. The molecule has 2 N–H and O–H groups in total. The smallest absolute Gasteiger partial charge is 0.248 e. The van der Waals surface area contributed by atoms with E-state index >= 15 is 0 Å². The highest BCUT2D eigenvalue weighted by Gasteiger charge is 2.78. The van der Waals surface area contributed by atoms with Crippen LogP contribution in [0.3, 0.4) is 0 Å². The number of anilines is 2. The summed E-state index contributed by atoms with van der Waals surface area (Å²) in [6.07, 6.45) is 0.352. The molecule has 4 fully saturated rings. The molecule has 0 saturated carbocycles. The Morgan fingerprint density at radius 1 is 0.519 bits per heavy atom. The lowest BCUT2D eigenvalue weighted by Gasteiger charge is -2.48. The Morgan fingerprint density at radius 2 is 0.885 bits per heavy atom. The second kappa shape index (κ2) is 10.9. The van der Waals surface area contributed by atoms with Gasteiger partial charge in [-0.25, -0.2) is 0 Å². The maximum Gasteiger partial charge on any atom is 0.248 e. The molecule has 6 aliphatic rings. The van der Waals surface area contributed by atoms with Crippen LogP contribution in [-0.4, -0.2) is 93.8 Å². The summed E-state index contributed by atoms with van der Waals surface area (Å²) in [4.78, 5) is 65.9. The highest BCUT2D eigenvalue weighted by Crippen LogP contribution is 2.69. The van der Waals surface area contributed by atoms with E-state index in [4.69, 9.17) is 0 Å². The van der Waals surface area contributed by atoms with Crippen molar-refractivity contribution < 1.29 is 19.2 Å². The van der Waals surface area contributed by atoms with E-state index in [0.29, 0.717) is 25.7 Å². The SMILES string of the molecule is CN1C(=O)[C@@H]2C[C@@]3([C@@]45C[C@H]6C(=O)N(C)[C@@H](Cc7ccccc7)C(=O)N6[C@@H]4Nc4ccccc45)c4ccccc4NC3N2C(=O)[C@@H]1Cc1ccccc1. The summed E-state index contributed by atoms with van der Waals surface area (Å²) in [5, 5.41) is 7.53. The molecule has 4 aromatic carbocycles. The molecule has 10 heteroatoms. The number of hydrogen-bond donors (Lipinski definition) is 2. The first-order valence-electron chi connectivity index (χ1n) is 18.2. The molecule has 6 aliphatic heterocycles. The van der Waals surface area contributed by atoms with E-state index < -0.39 is 47.3 Å². The first-order valence-corrected chi connectivity index (χ1v) is 18.2. The fourth-order valence-corrected chi connectivity index (χ4v) is 10.9. The number of nitrogens with one attached hydrogen (secondary N) is 2. The van der Waals surface area contributed by atoms with E-state index in [1.54, 1.807) is 23.9 Å². The molecule has 0 spiro atoms. The van der Waals surface area contributed by atoms with Crippen molar-refractivity contribution in [1.29, 1.82) is 0 Å². The summed E-state index contributed by atoms with van der Waals surface area (Å²) in [5.74, 6) is -0.376. The highest BCUT2D eigenvalue weighted by atomic mass is 16.2. The van der Waals surface area contributed by atoms with Gasteiger partial charge in [0.05, 0.1) is 10.8 Å². The Balaban J connectivity index is 1.14. The lowest BCUT2D eigenvalue weighted by molar-refractivity contribution is -0.159. The van der Waals surface area contributed by atoms with Crippen LogP contribution in [-0.2, 0) is 42.8 Å². The number of para-hydroxylation sites is 2. The number of rotatable bonds is 5. The van der Waals surface area contributed by atoms with Gasteiger partial charge in [-0.1, -0.05) is 97.1 Å². The second-order valence-electron chi connectivity index (χ2n) is 15.4. The van der Waals surface area contributed by atoms with Gasteiger partial charge in [0.25, 0.3) is 0 Å². The van der Waals surface area contributed by atoms with Crippen molar-refractivity contribution >= 4 is 35.0 Å². The van der Waals surface area contributed by atoms with Crippen LogP contribution in [0.2, 0.25) is 0 Å². The van der Waals surface area contributed by atoms with Crippen molar-refractivity contribution in [2.45, 2.75) is 73.0 Å². The van der Waals surface area contributed by atoms with E-state index in [9.17, 15) is 19.2 Å². The van der Waals surface area contributed by atoms with Crippen LogP contribution in [0.25, 0.3) is 0 Å². The van der Waals surface area contributed by atoms with Crippen LogP contribution in [0.4, 0.5) is 11.4 Å². The number of nitrogens with zero attached hydrogens (tertiary/aromatic N) is 4. The number of fused-ring (bicyclic) bond motifs is 11. The molecule has 0 aromatic heterocycles. The summed E-state index contributed by atoms with van der Waals surface area (Å²) in [6, 6.07) is 33.2. The van der Waals surface area contributed by atoms with Crippen molar-refractivity contribution in [2.24, 2.45) is 0 Å². The number of carbonyl (C=O) groups is 4. The summed E-state index contributed by atoms with van der Waals surface area (Å²) in [6.45, 7) is 0. The van der Waals surface area contributed by atoms with Gasteiger partial charge in [-0.15, -0.1) is 0 Å². The molecule has 10 rings (SSSR count). The highest BCUT2D eigenvalue weighted by molar-refractivity contribution is 6.01. The van der Waals surface area contributed by atoms with E-state index in [1.165, 1.54) is 0 Å². The van der Waals surface area contributed by atoms with Crippen LogP contribution in [0, 0.1) is 0 Å². The minimum Gasteiger partial charge on any atom is -0.364 e.